The number of benzene rings is 1. The van der Waals surface area contributed by atoms with Crippen LogP contribution in [0.2, 0.25) is 0 Å². The topological polar surface area (TPSA) is 59.8 Å². The van der Waals surface area contributed by atoms with Gasteiger partial charge in [-0.25, -0.2) is 0 Å². The Hall–Kier alpha value is -1.82. The number of rotatable bonds is 10. The molecular weight excluding hydrogens is 332 g/mol. The number of nitrogens with zero attached hydrogens (tertiary/aromatic N) is 3. The Labute approximate surface area is 154 Å². The fraction of sp³-hybridized carbons (Fsp3) is 0.526. The summed E-state index contributed by atoms with van der Waals surface area (Å²) < 4.78 is 2.02. The molecule has 5 nitrogen and oxygen atoms in total. The van der Waals surface area contributed by atoms with Gasteiger partial charge in [0.15, 0.2) is 5.16 Å². The molecule has 0 radical (unpaired) electrons. The number of hydrogen-bond acceptors (Lipinski definition) is 4. The molecule has 1 N–H and O–H groups in total. The van der Waals surface area contributed by atoms with Crippen molar-refractivity contribution in [3.8, 4) is 0 Å². The zero-order valence-electron chi connectivity index (χ0n) is 15.4. The lowest BCUT2D eigenvalue weighted by molar-refractivity contribution is -0.113. The van der Waals surface area contributed by atoms with Gasteiger partial charge in [0, 0.05) is 12.2 Å². The Bertz CT molecular complexity index is 654. The van der Waals surface area contributed by atoms with Gasteiger partial charge in [-0.05, 0) is 36.5 Å². The van der Waals surface area contributed by atoms with E-state index in [0.717, 1.165) is 30.2 Å². The van der Waals surface area contributed by atoms with Crippen molar-refractivity contribution in [3.63, 3.8) is 0 Å². The number of thioether (sulfide) groups is 1. The molecule has 0 spiro atoms. The van der Waals surface area contributed by atoms with Crippen molar-refractivity contribution in [1.82, 2.24) is 14.8 Å². The molecule has 1 aromatic carbocycles. The Kier molecular flexibility index (Phi) is 7.98. The van der Waals surface area contributed by atoms with Crippen molar-refractivity contribution in [1.29, 1.82) is 0 Å². The zero-order valence-corrected chi connectivity index (χ0v) is 16.2. The highest BCUT2D eigenvalue weighted by Crippen LogP contribution is 2.21. The van der Waals surface area contributed by atoms with Crippen molar-refractivity contribution in [2.75, 3.05) is 11.1 Å². The Morgan fingerprint density at radius 2 is 2.00 bits per heavy atom. The van der Waals surface area contributed by atoms with E-state index >= 15 is 0 Å². The summed E-state index contributed by atoms with van der Waals surface area (Å²) in [4.78, 5) is 12.2. The molecule has 2 rings (SSSR count). The lowest BCUT2D eigenvalue weighted by Crippen LogP contribution is -2.14. The molecule has 1 amide bonds. The maximum absolute atomic E-state index is 12.2. The molecule has 1 atom stereocenters. The largest absolute Gasteiger partial charge is 0.325 e. The van der Waals surface area contributed by atoms with Gasteiger partial charge in [0.1, 0.15) is 6.33 Å². The second kappa shape index (κ2) is 10.2. The van der Waals surface area contributed by atoms with E-state index in [-0.39, 0.29) is 5.91 Å². The lowest BCUT2D eigenvalue weighted by atomic mass is 9.99. The van der Waals surface area contributed by atoms with Crippen LogP contribution < -0.4 is 5.32 Å². The molecule has 6 heteroatoms. The fourth-order valence-corrected chi connectivity index (χ4v) is 3.24. The second-order valence-electron chi connectivity index (χ2n) is 6.28. The van der Waals surface area contributed by atoms with E-state index < -0.39 is 0 Å². The highest BCUT2D eigenvalue weighted by atomic mass is 32.2. The molecule has 2 aromatic rings. The molecule has 0 saturated carbocycles. The maximum Gasteiger partial charge on any atom is 0.234 e. The van der Waals surface area contributed by atoms with E-state index in [0.29, 0.717) is 11.7 Å². The van der Waals surface area contributed by atoms with Gasteiger partial charge in [0.25, 0.3) is 0 Å². The van der Waals surface area contributed by atoms with Crippen molar-refractivity contribution in [2.45, 2.75) is 64.1 Å². The molecule has 0 unspecified atom stereocenters. The summed E-state index contributed by atoms with van der Waals surface area (Å²) in [5, 5.41) is 11.8. The minimum Gasteiger partial charge on any atom is -0.325 e. The highest BCUT2D eigenvalue weighted by molar-refractivity contribution is 7.99. The van der Waals surface area contributed by atoms with Crippen LogP contribution in [0, 0.1) is 0 Å². The number of amides is 1. The Balaban J connectivity index is 1.82. The van der Waals surface area contributed by atoms with Crippen LogP contribution in [0.5, 0.6) is 0 Å². The summed E-state index contributed by atoms with van der Waals surface area (Å²) in [6, 6.07) is 8.11. The third-order valence-corrected chi connectivity index (χ3v) is 5.27. The molecule has 25 heavy (non-hydrogen) atoms. The van der Waals surface area contributed by atoms with Crippen LogP contribution in [-0.4, -0.2) is 26.4 Å². The molecular formula is C19H28N4OS. The van der Waals surface area contributed by atoms with Gasteiger partial charge >= 0.3 is 0 Å². The van der Waals surface area contributed by atoms with Gasteiger partial charge in [0.05, 0.1) is 5.75 Å². The average Bonchev–Trinajstić information content (AvgIpc) is 3.07. The SMILES string of the molecule is CCCCCn1cnnc1SCC(=O)Nc1ccc([C@@H](C)CC)cc1. The predicted molar refractivity (Wildman–Crippen MR) is 104 cm³/mol. The van der Waals surface area contributed by atoms with Crippen LogP contribution in [0.25, 0.3) is 0 Å². The number of aryl methyl sites for hydroxylation is 1. The van der Waals surface area contributed by atoms with Crippen molar-refractivity contribution >= 4 is 23.4 Å². The number of anilines is 1. The van der Waals surface area contributed by atoms with E-state index in [1.165, 1.54) is 30.2 Å². The predicted octanol–water partition coefficient (Wildman–Crippen LogP) is 4.71. The second-order valence-corrected chi connectivity index (χ2v) is 7.22. The third-order valence-electron chi connectivity index (χ3n) is 4.29. The van der Waals surface area contributed by atoms with E-state index in [1.807, 2.05) is 16.7 Å². The number of nitrogens with one attached hydrogen (secondary N) is 1. The number of aromatic nitrogens is 3. The molecule has 0 fully saturated rings. The first-order valence-electron chi connectivity index (χ1n) is 9.04. The fourth-order valence-electron chi connectivity index (χ4n) is 2.50. The molecule has 0 saturated heterocycles. The Morgan fingerprint density at radius 3 is 2.68 bits per heavy atom. The van der Waals surface area contributed by atoms with Gasteiger partial charge in [-0.15, -0.1) is 10.2 Å². The van der Waals surface area contributed by atoms with Gasteiger partial charge in [-0.3, -0.25) is 4.79 Å². The van der Waals surface area contributed by atoms with Crippen LogP contribution in [0.4, 0.5) is 5.69 Å². The Morgan fingerprint density at radius 1 is 1.24 bits per heavy atom. The van der Waals surface area contributed by atoms with Gasteiger partial charge in [0.2, 0.25) is 5.91 Å². The number of hydrogen-bond donors (Lipinski definition) is 1. The normalized spacial score (nSPS) is 12.1. The summed E-state index contributed by atoms with van der Waals surface area (Å²) in [5.41, 5.74) is 2.14. The summed E-state index contributed by atoms with van der Waals surface area (Å²) in [6.07, 6.45) is 6.33. The summed E-state index contributed by atoms with van der Waals surface area (Å²) in [6.45, 7) is 7.48. The van der Waals surface area contributed by atoms with Crippen LogP contribution >= 0.6 is 11.8 Å². The third kappa shape index (κ3) is 6.20. The van der Waals surface area contributed by atoms with E-state index in [1.54, 1.807) is 6.33 Å². The van der Waals surface area contributed by atoms with Crippen molar-refractivity contribution in [2.24, 2.45) is 0 Å². The highest BCUT2D eigenvalue weighted by Gasteiger charge is 2.09. The molecule has 1 aromatic heterocycles. The van der Waals surface area contributed by atoms with Crippen molar-refractivity contribution < 1.29 is 4.79 Å². The standard InChI is InChI=1S/C19H28N4OS/c1-4-6-7-12-23-14-20-22-19(23)25-13-18(24)21-17-10-8-16(9-11-17)15(3)5-2/h8-11,14-15H,4-7,12-13H2,1-3H3,(H,21,24)/t15-/m0/s1. The smallest absolute Gasteiger partial charge is 0.234 e. The van der Waals surface area contributed by atoms with Crippen LogP contribution in [0.1, 0.15) is 57.9 Å². The van der Waals surface area contributed by atoms with Gasteiger partial charge in [-0.2, -0.15) is 0 Å². The first-order valence-corrected chi connectivity index (χ1v) is 10.0. The minimum absolute atomic E-state index is 0.0237. The van der Waals surface area contributed by atoms with Crippen LogP contribution in [0.3, 0.4) is 0 Å². The first kappa shape index (κ1) is 19.5. The molecule has 0 aliphatic carbocycles. The summed E-state index contributed by atoms with van der Waals surface area (Å²) in [5.74, 6) is 0.850. The van der Waals surface area contributed by atoms with Gasteiger partial charge < -0.3 is 9.88 Å². The summed E-state index contributed by atoms with van der Waals surface area (Å²) in [7, 11) is 0. The minimum atomic E-state index is -0.0237. The average molecular weight is 361 g/mol. The molecule has 1 heterocycles. The van der Waals surface area contributed by atoms with Crippen LogP contribution in [0.15, 0.2) is 35.7 Å². The van der Waals surface area contributed by atoms with E-state index in [9.17, 15) is 4.79 Å². The molecule has 136 valence electrons. The maximum atomic E-state index is 12.2. The summed E-state index contributed by atoms with van der Waals surface area (Å²) >= 11 is 1.43. The zero-order chi connectivity index (χ0) is 18.1. The monoisotopic (exact) mass is 360 g/mol. The molecule has 0 bridgehead atoms. The van der Waals surface area contributed by atoms with E-state index in [4.69, 9.17) is 0 Å². The van der Waals surface area contributed by atoms with Crippen molar-refractivity contribution in [3.05, 3.63) is 36.2 Å². The van der Waals surface area contributed by atoms with Crippen LogP contribution in [-0.2, 0) is 11.3 Å². The molecule has 0 aliphatic heterocycles. The molecule has 0 aliphatic rings. The van der Waals surface area contributed by atoms with Gasteiger partial charge in [-0.1, -0.05) is 57.5 Å². The van der Waals surface area contributed by atoms with E-state index in [2.05, 4.69) is 48.4 Å². The number of carbonyl (C=O) groups is 1. The first-order chi connectivity index (χ1) is 12.1. The number of unbranched alkanes of at least 4 members (excludes halogenated alkanes) is 2. The number of carbonyl (C=O) groups excluding carboxylic acids is 1. The quantitative estimate of drug-likeness (QED) is 0.492. The lowest BCUT2D eigenvalue weighted by Gasteiger charge is -2.10.